The van der Waals surface area contributed by atoms with E-state index < -0.39 is 0 Å². The molecular formula is C22H24N2O2S2. The van der Waals surface area contributed by atoms with E-state index in [0.717, 1.165) is 26.9 Å². The van der Waals surface area contributed by atoms with Crippen LogP contribution in [0.2, 0.25) is 0 Å². The molecule has 4 nitrogen and oxygen atoms in total. The van der Waals surface area contributed by atoms with Crippen LogP contribution in [0, 0.1) is 6.92 Å². The summed E-state index contributed by atoms with van der Waals surface area (Å²) in [5.74, 6) is 0.788. The number of nitrogens with one attached hydrogen (secondary N) is 1. The van der Waals surface area contributed by atoms with Crippen molar-refractivity contribution in [1.82, 2.24) is 10.3 Å². The van der Waals surface area contributed by atoms with Crippen molar-refractivity contribution in [3.63, 3.8) is 0 Å². The Hall–Kier alpha value is -2.15. The molecule has 1 amide bonds. The fraction of sp³-hybridized carbons (Fsp3) is 0.273. The summed E-state index contributed by atoms with van der Waals surface area (Å²) < 4.78 is 6.47. The Bertz CT molecular complexity index is 890. The Morgan fingerprint density at radius 3 is 2.39 bits per heavy atom. The monoisotopic (exact) mass is 412 g/mol. The largest absolute Gasteiger partial charge is 0.377 e. The van der Waals surface area contributed by atoms with Crippen LogP contribution in [-0.4, -0.2) is 17.5 Å². The van der Waals surface area contributed by atoms with E-state index in [1.54, 1.807) is 23.1 Å². The average molecular weight is 413 g/mol. The van der Waals surface area contributed by atoms with Crippen molar-refractivity contribution >= 4 is 29.0 Å². The van der Waals surface area contributed by atoms with Gasteiger partial charge in [-0.1, -0.05) is 48.2 Å². The minimum atomic E-state index is -0.0619. The summed E-state index contributed by atoms with van der Waals surface area (Å²) in [6.45, 7) is 5.82. The van der Waals surface area contributed by atoms with Crippen LogP contribution in [0.15, 0.2) is 58.3 Å². The van der Waals surface area contributed by atoms with E-state index >= 15 is 0 Å². The van der Waals surface area contributed by atoms with E-state index in [0.29, 0.717) is 25.3 Å². The molecule has 6 heteroatoms. The summed E-state index contributed by atoms with van der Waals surface area (Å²) in [6, 6.07) is 15.9. The molecule has 1 N–H and O–H groups in total. The maximum atomic E-state index is 12.4. The number of thiazole rings is 1. The predicted molar refractivity (Wildman–Crippen MR) is 116 cm³/mol. The van der Waals surface area contributed by atoms with Crippen LogP contribution in [0.4, 0.5) is 0 Å². The lowest BCUT2D eigenvalue weighted by atomic mass is 10.1. The van der Waals surface area contributed by atoms with Crippen LogP contribution in [-0.2, 0) is 23.6 Å². The second-order valence-electron chi connectivity index (χ2n) is 6.38. The highest BCUT2D eigenvalue weighted by Crippen LogP contribution is 2.26. The smallest absolute Gasteiger partial charge is 0.251 e. The van der Waals surface area contributed by atoms with Gasteiger partial charge in [0.15, 0.2) is 0 Å². The number of aromatic nitrogens is 1. The first kappa shape index (κ1) is 20.6. The van der Waals surface area contributed by atoms with E-state index in [-0.39, 0.29) is 5.91 Å². The van der Waals surface area contributed by atoms with Gasteiger partial charge in [0.25, 0.3) is 5.91 Å². The zero-order chi connectivity index (χ0) is 19.8. The Morgan fingerprint density at radius 1 is 1.07 bits per heavy atom. The first-order chi connectivity index (χ1) is 13.6. The SMILES string of the molecule is CCOCc1ccc(CNC(=O)c2ccc(CSc3nc(C)cs3)cc2)cc1. The standard InChI is InChI=1S/C22H24N2O2S2/c1-3-26-13-18-6-4-17(5-7-18)12-23-21(25)20-10-8-19(9-11-20)15-28-22-24-16(2)14-27-22/h4-11,14H,3,12-13,15H2,1-2H3,(H,23,25). The van der Waals surface area contributed by atoms with Gasteiger partial charge in [0, 0.05) is 35.5 Å². The summed E-state index contributed by atoms with van der Waals surface area (Å²) in [5.41, 5.74) is 5.12. The summed E-state index contributed by atoms with van der Waals surface area (Å²) in [4.78, 5) is 16.8. The number of aryl methyl sites for hydroxylation is 1. The maximum absolute atomic E-state index is 12.4. The normalized spacial score (nSPS) is 10.8. The van der Waals surface area contributed by atoms with Crippen molar-refractivity contribution in [1.29, 1.82) is 0 Å². The Labute approximate surface area is 174 Å². The lowest BCUT2D eigenvalue weighted by molar-refractivity contribution is 0.0951. The number of nitrogens with zero attached hydrogens (tertiary/aromatic N) is 1. The molecule has 146 valence electrons. The summed E-state index contributed by atoms with van der Waals surface area (Å²) in [7, 11) is 0. The van der Waals surface area contributed by atoms with E-state index in [9.17, 15) is 4.79 Å². The molecule has 0 aliphatic rings. The highest BCUT2D eigenvalue weighted by atomic mass is 32.2. The molecule has 0 fully saturated rings. The van der Waals surface area contributed by atoms with Gasteiger partial charge in [-0.05, 0) is 42.7 Å². The molecule has 0 unspecified atom stereocenters. The second kappa shape index (κ2) is 10.4. The third kappa shape index (κ3) is 6.19. The fourth-order valence-corrected chi connectivity index (χ4v) is 4.36. The molecular weight excluding hydrogens is 388 g/mol. The van der Waals surface area contributed by atoms with Crippen molar-refractivity contribution < 1.29 is 9.53 Å². The number of carbonyl (C=O) groups is 1. The van der Waals surface area contributed by atoms with Crippen LogP contribution in [0.3, 0.4) is 0 Å². The number of rotatable bonds is 9. The molecule has 0 saturated carbocycles. The molecule has 3 rings (SSSR count). The van der Waals surface area contributed by atoms with Crippen molar-refractivity contribution in [2.24, 2.45) is 0 Å². The molecule has 28 heavy (non-hydrogen) atoms. The van der Waals surface area contributed by atoms with Gasteiger partial charge >= 0.3 is 0 Å². The Morgan fingerprint density at radius 2 is 1.75 bits per heavy atom. The van der Waals surface area contributed by atoms with Gasteiger partial charge in [0.1, 0.15) is 4.34 Å². The van der Waals surface area contributed by atoms with Crippen LogP contribution >= 0.6 is 23.1 Å². The number of hydrogen-bond acceptors (Lipinski definition) is 5. The lowest BCUT2D eigenvalue weighted by Gasteiger charge is -2.08. The van der Waals surface area contributed by atoms with Crippen LogP contribution in [0.25, 0.3) is 0 Å². The zero-order valence-electron chi connectivity index (χ0n) is 16.1. The fourth-order valence-electron chi connectivity index (χ4n) is 2.55. The molecule has 1 heterocycles. The number of hydrogen-bond donors (Lipinski definition) is 1. The topological polar surface area (TPSA) is 51.2 Å². The quantitative estimate of drug-likeness (QED) is 0.490. The molecule has 0 saturated heterocycles. The highest BCUT2D eigenvalue weighted by molar-refractivity contribution is 8.00. The van der Waals surface area contributed by atoms with Gasteiger partial charge in [-0.3, -0.25) is 4.79 Å². The number of benzene rings is 2. The molecule has 0 bridgehead atoms. The van der Waals surface area contributed by atoms with Crippen molar-refractivity contribution in [2.45, 2.75) is 37.1 Å². The van der Waals surface area contributed by atoms with Crippen LogP contribution in [0.1, 0.15) is 39.7 Å². The third-order valence-corrected chi connectivity index (χ3v) is 6.34. The van der Waals surface area contributed by atoms with E-state index in [1.165, 1.54) is 5.56 Å². The molecule has 0 spiro atoms. The molecule has 0 aliphatic carbocycles. The third-order valence-electron chi connectivity index (χ3n) is 4.13. The van der Waals surface area contributed by atoms with E-state index in [4.69, 9.17) is 4.74 Å². The molecule has 0 aliphatic heterocycles. The second-order valence-corrected chi connectivity index (χ2v) is 8.46. The minimum absolute atomic E-state index is 0.0619. The van der Waals surface area contributed by atoms with Gasteiger partial charge in [-0.2, -0.15) is 0 Å². The number of thioether (sulfide) groups is 1. The molecule has 1 aromatic heterocycles. The Kier molecular flexibility index (Phi) is 7.65. The van der Waals surface area contributed by atoms with E-state index in [2.05, 4.69) is 15.7 Å². The van der Waals surface area contributed by atoms with Gasteiger partial charge in [0.2, 0.25) is 0 Å². The summed E-state index contributed by atoms with van der Waals surface area (Å²) in [6.07, 6.45) is 0. The van der Waals surface area contributed by atoms with Gasteiger partial charge in [-0.15, -0.1) is 11.3 Å². The highest BCUT2D eigenvalue weighted by Gasteiger charge is 2.06. The average Bonchev–Trinajstić information content (AvgIpc) is 3.15. The zero-order valence-corrected chi connectivity index (χ0v) is 17.7. The van der Waals surface area contributed by atoms with Crippen molar-refractivity contribution in [3.05, 3.63) is 81.9 Å². The first-order valence-electron chi connectivity index (χ1n) is 9.21. The molecule has 3 aromatic rings. The lowest BCUT2D eigenvalue weighted by Crippen LogP contribution is -2.22. The summed E-state index contributed by atoms with van der Waals surface area (Å²) >= 11 is 3.39. The van der Waals surface area contributed by atoms with Crippen LogP contribution < -0.4 is 5.32 Å². The van der Waals surface area contributed by atoms with Crippen molar-refractivity contribution in [2.75, 3.05) is 6.61 Å². The van der Waals surface area contributed by atoms with E-state index in [1.807, 2.05) is 62.4 Å². The minimum Gasteiger partial charge on any atom is -0.377 e. The molecule has 0 atom stereocenters. The van der Waals surface area contributed by atoms with Crippen molar-refractivity contribution in [3.8, 4) is 0 Å². The van der Waals surface area contributed by atoms with Crippen LogP contribution in [0.5, 0.6) is 0 Å². The molecule has 0 radical (unpaired) electrons. The number of amides is 1. The maximum Gasteiger partial charge on any atom is 0.251 e. The van der Waals surface area contributed by atoms with Gasteiger partial charge in [0.05, 0.1) is 6.61 Å². The van der Waals surface area contributed by atoms with Gasteiger partial charge < -0.3 is 10.1 Å². The Balaban J connectivity index is 1.47. The number of carbonyl (C=O) groups excluding carboxylic acids is 1. The first-order valence-corrected chi connectivity index (χ1v) is 11.1. The molecule has 2 aromatic carbocycles. The number of ether oxygens (including phenoxy) is 1. The van der Waals surface area contributed by atoms with Gasteiger partial charge in [-0.25, -0.2) is 4.98 Å². The summed E-state index contributed by atoms with van der Waals surface area (Å²) in [5, 5.41) is 5.03. The predicted octanol–water partition coefficient (Wildman–Crippen LogP) is 5.21.